The number of nitrogens with zero attached hydrogens (tertiary/aromatic N) is 1. The van der Waals surface area contributed by atoms with E-state index in [1.54, 1.807) is 13.2 Å². The summed E-state index contributed by atoms with van der Waals surface area (Å²) >= 11 is 0. The highest BCUT2D eigenvalue weighted by Crippen LogP contribution is 2.34. The number of hydrogen-bond donors (Lipinski definition) is 2. The number of ether oxygens (including phenoxy) is 1. The third-order valence-electron chi connectivity index (χ3n) is 5.17. The predicted molar refractivity (Wildman–Crippen MR) is 112 cm³/mol. The van der Waals surface area contributed by atoms with Gasteiger partial charge in [0.05, 0.1) is 7.11 Å². The van der Waals surface area contributed by atoms with Gasteiger partial charge in [-0.15, -0.1) is 0 Å². The van der Waals surface area contributed by atoms with E-state index >= 15 is 0 Å². The maximum Gasteiger partial charge on any atom is 0.126 e. The Labute approximate surface area is 165 Å². The summed E-state index contributed by atoms with van der Waals surface area (Å²) in [6.45, 7) is 2.08. The first-order valence-corrected chi connectivity index (χ1v) is 9.45. The molecule has 0 spiro atoms. The van der Waals surface area contributed by atoms with E-state index in [1.807, 2.05) is 42.5 Å². The summed E-state index contributed by atoms with van der Waals surface area (Å²) in [5.41, 5.74) is 5.30. The Balaban J connectivity index is 1.73. The molecule has 0 amide bonds. The molecule has 4 rings (SSSR count). The first-order valence-electron chi connectivity index (χ1n) is 9.45. The molecule has 142 valence electrons. The minimum atomic E-state index is -0.170. The molecule has 0 radical (unpaired) electrons. The lowest BCUT2D eigenvalue weighted by Gasteiger charge is -2.31. The van der Waals surface area contributed by atoms with Gasteiger partial charge in [0.1, 0.15) is 17.7 Å². The number of nitrogens with one attached hydrogen (secondary N) is 1. The molecule has 0 fully saturated rings. The zero-order valence-corrected chi connectivity index (χ0v) is 16.1. The number of benzene rings is 3. The fourth-order valence-corrected chi connectivity index (χ4v) is 3.57. The van der Waals surface area contributed by atoms with Gasteiger partial charge in [-0.05, 0) is 48.4 Å². The average molecular weight is 372 g/mol. The lowest BCUT2D eigenvalue weighted by molar-refractivity contribution is 0.412. The van der Waals surface area contributed by atoms with Crippen molar-refractivity contribution >= 4 is 5.71 Å². The standard InChI is InChI=1S/C24H24N2O2/c1-16-7-9-18(10-8-16)24-25-21(17-11-13-19(28-2)14-12-17)15-22(26-24)20-5-3-4-6-23(20)27/h3-14,22,24,26-27H,15H2,1-2H3/t22-,24-/m0/s1. The van der Waals surface area contributed by atoms with Crippen molar-refractivity contribution in [1.82, 2.24) is 5.32 Å². The molecule has 0 unspecified atom stereocenters. The van der Waals surface area contributed by atoms with Crippen molar-refractivity contribution in [1.29, 1.82) is 0 Å². The lowest BCUT2D eigenvalue weighted by atomic mass is 9.93. The Kier molecular flexibility index (Phi) is 5.13. The molecule has 28 heavy (non-hydrogen) atoms. The van der Waals surface area contributed by atoms with Gasteiger partial charge in [0, 0.05) is 23.7 Å². The van der Waals surface area contributed by atoms with Crippen LogP contribution in [0.1, 0.15) is 40.9 Å². The number of aromatic hydroxyl groups is 1. The number of aliphatic imine (C=N–C) groups is 1. The van der Waals surface area contributed by atoms with Crippen LogP contribution in [0.15, 0.2) is 77.8 Å². The topological polar surface area (TPSA) is 53.8 Å². The monoisotopic (exact) mass is 372 g/mol. The second kappa shape index (κ2) is 7.87. The van der Waals surface area contributed by atoms with Gasteiger partial charge in [-0.25, -0.2) is 0 Å². The molecule has 1 aliphatic heterocycles. The molecule has 1 heterocycles. The normalized spacial score (nSPS) is 19.1. The Morgan fingerprint density at radius 1 is 0.964 bits per heavy atom. The number of aryl methyl sites for hydroxylation is 1. The van der Waals surface area contributed by atoms with E-state index in [1.165, 1.54) is 5.56 Å². The highest BCUT2D eigenvalue weighted by molar-refractivity contribution is 6.01. The molecule has 2 atom stereocenters. The van der Waals surface area contributed by atoms with E-state index in [4.69, 9.17) is 9.73 Å². The second-order valence-electron chi connectivity index (χ2n) is 7.10. The largest absolute Gasteiger partial charge is 0.508 e. The molecular formula is C24H24N2O2. The maximum atomic E-state index is 10.4. The van der Waals surface area contributed by atoms with Gasteiger partial charge in [0.25, 0.3) is 0 Å². The molecule has 0 saturated carbocycles. The van der Waals surface area contributed by atoms with E-state index in [0.717, 1.165) is 28.2 Å². The second-order valence-corrected chi connectivity index (χ2v) is 7.10. The number of phenols is 1. The summed E-state index contributed by atoms with van der Waals surface area (Å²) in [4.78, 5) is 5.00. The van der Waals surface area contributed by atoms with Crippen LogP contribution in [0.4, 0.5) is 0 Å². The first kappa shape index (κ1) is 18.3. The molecule has 0 aromatic heterocycles. The van der Waals surface area contributed by atoms with E-state index in [0.29, 0.717) is 12.2 Å². The molecule has 2 N–H and O–H groups in total. The fraction of sp³-hybridized carbons (Fsp3) is 0.208. The van der Waals surface area contributed by atoms with Crippen molar-refractivity contribution in [3.63, 3.8) is 0 Å². The van der Waals surface area contributed by atoms with Crippen molar-refractivity contribution in [3.05, 3.63) is 95.1 Å². The quantitative estimate of drug-likeness (QED) is 0.683. The molecule has 4 nitrogen and oxygen atoms in total. The average Bonchev–Trinajstić information content (AvgIpc) is 2.74. The molecule has 3 aromatic rings. The smallest absolute Gasteiger partial charge is 0.126 e. The molecule has 0 bridgehead atoms. The van der Waals surface area contributed by atoms with E-state index < -0.39 is 0 Å². The summed E-state index contributed by atoms with van der Waals surface area (Å²) in [7, 11) is 1.67. The Hall–Kier alpha value is -3.11. The van der Waals surface area contributed by atoms with Gasteiger partial charge in [-0.3, -0.25) is 10.3 Å². The van der Waals surface area contributed by atoms with E-state index in [-0.39, 0.29) is 12.2 Å². The number of methoxy groups -OCH3 is 1. The number of rotatable bonds is 4. The van der Waals surface area contributed by atoms with Crippen LogP contribution in [-0.4, -0.2) is 17.9 Å². The van der Waals surface area contributed by atoms with Crippen molar-refractivity contribution in [2.24, 2.45) is 4.99 Å². The summed E-state index contributed by atoms with van der Waals surface area (Å²) in [5.74, 6) is 1.13. The minimum absolute atomic E-state index is 0.0258. The molecule has 0 saturated heterocycles. The summed E-state index contributed by atoms with van der Waals surface area (Å²) in [6, 6.07) is 23.9. The van der Waals surface area contributed by atoms with Crippen molar-refractivity contribution in [2.45, 2.75) is 25.6 Å². The van der Waals surface area contributed by atoms with Crippen LogP contribution >= 0.6 is 0 Å². The number of hydrogen-bond acceptors (Lipinski definition) is 4. The van der Waals surface area contributed by atoms with E-state index in [9.17, 15) is 5.11 Å². The van der Waals surface area contributed by atoms with Gasteiger partial charge >= 0.3 is 0 Å². The SMILES string of the molecule is COc1ccc(C2=N[C@H](c3ccc(C)cc3)N[C@H](c3ccccc3O)C2)cc1. The van der Waals surface area contributed by atoms with Crippen molar-refractivity contribution < 1.29 is 9.84 Å². The summed E-state index contributed by atoms with van der Waals surface area (Å²) in [6.07, 6.45) is 0.530. The Morgan fingerprint density at radius 3 is 2.36 bits per heavy atom. The van der Waals surface area contributed by atoms with Gasteiger partial charge in [-0.1, -0.05) is 48.0 Å². The summed E-state index contributed by atoms with van der Waals surface area (Å²) < 4.78 is 5.28. The van der Waals surface area contributed by atoms with Crippen LogP contribution in [0.25, 0.3) is 0 Å². The van der Waals surface area contributed by atoms with Crippen LogP contribution in [0.2, 0.25) is 0 Å². The highest BCUT2D eigenvalue weighted by atomic mass is 16.5. The predicted octanol–water partition coefficient (Wildman–Crippen LogP) is 4.93. The lowest BCUT2D eigenvalue weighted by Crippen LogP contribution is -2.33. The van der Waals surface area contributed by atoms with E-state index in [2.05, 4.69) is 36.5 Å². The molecule has 1 aliphatic rings. The minimum Gasteiger partial charge on any atom is -0.508 e. The van der Waals surface area contributed by atoms with Crippen LogP contribution < -0.4 is 10.1 Å². The van der Waals surface area contributed by atoms with Gasteiger partial charge in [0.15, 0.2) is 0 Å². The molecule has 0 aliphatic carbocycles. The summed E-state index contributed by atoms with van der Waals surface area (Å²) in [5, 5.41) is 14.0. The van der Waals surface area contributed by atoms with Crippen LogP contribution in [0.3, 0.4) is 0 Å². The zero-order chi connectivity index (χ0) is 19.5. The van der Waals surface area contributed by atoms with Crippen LogP contribution in [0.5, 0.6) is 11.5 Å². The molecule has 4 heteroatoms. The Morgan fingerprint density at radius 2 is 1.68 bits per heavy atom. The molecular weight excluding hydrogens is 348 g/mol. The Bertz CT molecular complexity index is 978. The van der Waals surface area contributed by atoms with Crippen LogP contribution in [-0.2, 0) is 0 Å². The highest BCUT2D eigenvalue weighted by Gasteiger charge is 2.27. The third-order valence-corrected chi connectivity index (χ3v) is 5.17. The zero-order valence-electron chi connectivity index (χ0n) is 16.1. The van der Waals surface area contributed by atoms with Crippen molar-refractivity contribution in [3.8, 4) is 11.5 Å². The van der Waals surface area contributed by atoms with Crippen molar-refractivity contribution in [2.75, 3.05) is 7.11 Å². The first-order chi connectivity index (χ1) is 13.6. The number of phenolic OH excluding ortho intramolecular Hbond substituents is 1. The molecule has 3 aromatic carbocycles. The van der Waals surface area contributed by atoms with Gasteiger partial charge in [-0.2, -0.15) is 0 Å². The van der Waals surface area contributed by atoms with Gasteiger partial charge < -0.3 is 9.84 Å². The maximum absolute atomic E-state index is 10.4. The third kappa shape index (κ3) is 3.78. The van der Waals surface area contributed by atoms with Crippen LogP contribution in [0, 0.1) is 6.92 Å². The number of para-hydroxylation sites is 1. The van der Waals surface area contributed by atoms with Gasteiger partial charge in [0.2, 0.25) is 0 Å². The fourth-order valence-electron chi connectivity index (χ4n) is 3.57.